The molecule has 3 rings (SSSR count). The van der Waals surface area contributed by atoms with Crippen LogP contribution in [0.5, 0.6) is 0 Å². The van der Waals surface area contributed by atoms with Crippen molar-refractivity contribution in [1.29, 1.82) is 0 Å². The molecular weight excluding hydrogens is 238 g/mol. The quantitative estimate of drug-likeness (QED) is 0.878. The summed E-state index contributed by atoms with van der Waals surface area (Å²) in [5, 5.41) is 7.89. The molecule has 0 radical (unpaired) electrons. The van der Waals surface area contributed by atoms with Gasteiger partial charge in [-0.15, -0.1) is 5.10 Å². The highest BCUT2D eigenvalue weighted by Crippen LogP contribution is 2.20. The van der Waals surface area contributed by atoms with Crippen LogP contribution in [-0.4, -0.2) is 40.9 Å². The summed E-state index contributed by atoms with van der Waals surface area (Å²) in [6, 6.07) is 8.38. The molecule has 2 heterocycles. The normalized spacial score (nSPS) is 15.8. The van der Waals surface area contributed by atoms with Crippen LogP contribution >= 0.6 is 0 Å². The van der Waals surface area contributed by atoms with Crippen molar-refractivity contribution in [3.8, 4) is 11.4 Å². The van der Waals surface area contributed by atoms with E-state index in [1.54, 1.807) is 0 Å². The first-order chi connectivity index (χ1) is 9.24. The summed E-state index contributed by atoms with van der Waals surface area (Å²) in [5.41, 5.74) is 2.36. The summed E-state index contributed by atoms with van der Waals surface area (Å²) >= 11 is 0. The third-order valence-electron chi connectivity index (χ3n) is 3.43. The Balaban J connectivity index is 1.92. The molecule has 5 nitrogen and oxygen atoms in total. The number of rotatable bonds is 2. The fourth-order valence-corrected chi connectivity index (χ4v) is 2.41. The maximum Gasteiger partial charge on any atom is 0.245 e. The summed E-state index contributed by atoms with van der Waals surface area (Å²) in [4.78, 5) is 6.93. The van der Waals surface area contributed by atoms with Crippen LogP contribution < -0.4 is 10.2 Å². The Kier molecular flexibility index (Phi) is 3.21. The van der Waals surface area contributed by atoms with E-state index in [1.165, 1.54) is 5.56 Å². The number of nitrogens with one attached hydrogen (secondary N) is 1. The molecule has 1 aromatic heterocycles. The highest BCUT2D eigenvalue weighted by molar-refractivity contribution is 5.58. The van der Waals surface area contributed by atoms with Crippen molar-refractivity contribution in [1.82, 2.24) is 20.1 Å². The second-order valence-corrected chi connectivity index (χ2v) is 4.97. The van der Waals surface area contributed by atoms with Gasteiger partial charge in [0.15, 0.2) is 5.82 Å². The van der Waals surface area contributed by atoms with Gasteiger partial charge >= 0.3 is 0 Å². The highest BCUT2D eigenvalue weighted by atomic mass is 15.4. The summed E-state index contributed by atoms with van der Waals surface area (Å²) in [6.07, 6.45) is 0. The lowest BCUT2D eigenvalue weighted by atomic mass is 10.1. The van der Waals surface area contributed by atoms with E-state index in [1.807, 2.05) is 11.7 Å². The molecule has 5 heteroatoms. The van der Waals surface area contributed by atoms with Gasteiger partial charge in [0.2, 0.25) is 5.95 Å². The van der Waals surface area contributed by atoms with Crippen molar-refractivity contribution in [2.75, 3.05) is 31.1 Å². The molecule has 1 N–H and O–H groups in total. The van der Waals surface area contributed by atoms with Crippen LogP contribution in [0.2, 0.25) is 0 Å². The van der Waals surface area contributed by atoms with Crippen LogP contribution in [0.15, 0.2) is 24.3 Å². The van der Waals surface area contributed by atoms with Crippen LogP contribution in [0.25, 0.3) is 11.4 Å². The lowest BCUT2D eigenvalue weighted by Crippen LogP contribution is -2.44. The lowest BCUT2D eigenvalue weighted by molar-refractivity contribution is 0.578. The van der Waals surface area contributed by atoms with E-state index >= 15 is 0 Å². The van der Waals surface area contributed by atoms with Crippen molar-refractivity contribution in [3.05, 3.63) is 29.8 Å². The van der Waals surface area contributed by atoms with E-state index in [-0.39, 0.29) is 0 Å². The van der Waals surface area contributed by atoms with Crippen molar-refractivity contribution in [3.63, 3.8) is 0 Å². The topological polar surface area (TPSA) is 46.0 Å². The number of nitrogens with zero attached hydrogens (tertiary/aromatic N) is 4. The first-order valence-electron chi connectivity index (χ1n) is 6.68. The van der Waals surface area contributed by atoms with Gasteiger partial charge in [0, 0.05) is 38.8 Å². The monoisotopic (exact) mass is 257 g/mol. The average Bonchev–Trinajstić information content (AvgIpc) is 2.82. The molecule has 1 fully saturated rings. The average molecular weight is 257 g/mol. The zero-order valence-electron chi connectivity index (χ0n) is 11.4. The third-order valence-corrected chi connectivity index (χ3v) is 3.43. The molecule has 100 valence electrons. The van der Waals surface area contributed by atoms with Gasteiger partial charge in [0.25, 0.3) is 0 Å². The lowest BCUT2D eigenvalue weighted by Gasteiger charge is -2.25. The maximum atomic E-state index is 4.69. The van der Waals surface area contributed by atoms with Crippen LogP contribution in [-0.2, 0) is 7.05 Å². The Morgan fingerprint density at radius 1 is 1.21 bits per heavy atom. The van der Waals surface area contributed by atoms with E-state index in [9.17, 15) is 0 Å². The molecule has 0 unspecified atom stereocenters. The molecule has 1 aromatic carbocycles. The molecule has 19 heavy (non-hydrogen) atoms. The number of anilines is 1. The van der Waals surface area contributed by atoms with Gasteiger partial charge in [-0.05, 0) is 13.0 Å². The molecule has 1 saturated heterocycles. The molecule has 0 saturated carbocycles. The zero-order valence-corrected chi connectivity index (χ0v) is 11.4. The van der Waals surface area contributed by atoms with E-state index in [0.717, 1.165) is 43.5 Å². The Hall–Kier alpha value is -1.88. The van der Waals surface area contributed by atoms with Crippen molar-refractivity contribution >= 4 is 5.95 Å². The molecule has 1 aliphatic rings. The fourth-order valence-electron chi connectivity index (χ4n) is 2.41. The molecular formula is C14H19N5. The minimum Gasteiger partial charge on any atom is -0.337 e. The second-order valence-electron chi connectivity index (χ2n) is 4.97. The first kappa shape index (κ1) is 12.2. The SMILES string of the molecule is Cc1cccc(-c2nc(N3CCNCC3)nn2C)c1. The molecule has 2 aromatic rings. The van der Waals surface area contributed by atoms with Gasteiger partial charge in [-0.1, -0.05) is 23.8 Å². The molecule has 0 aliphatic carbocycles. The fraction of sp³-hybridized carbons (Fsp3) is 0.429. The predicted molar refractivity (Wildman–Crippen MR) is 76.3 cm³/mol. The van der Waals surface area contributed by atoms with Crippen molar-refractivity contribution < 1.29 is 0 Å². The highest BCUT2D eigenvalue weighted by Gasteiger charge is 2.17. The van der Waals surface area contributed by atoms with E-state index in [0.29, 0.717) is 0 Å². The van der Waals surface area contributed by atoms with Gasteiger partial charge in [0.05, 0.1) is 0 Å². The van der Waals surface area contributed by atoms with E-state index < -0.39 is 0 Å². The number of aromatic nitrogens is 3. The Morgan fingerprint density at radius 2 is 2.00 bits per heavy atom. The third kappa shape index (κ3) is 2.46. The number of hydrogen-bond acceptors (Lipinski definition) is 4. The number of benzene rings is 1. The molecule has 1 aliphatic heterocycles. The van der Waals surface area contributed by atoms with Gasteiger partial charge < -0.3 is 10.2 Å². The Bertz CT molecular complexity index is 569. The zero-order chi connectivity index (χ0) is 13.2. The van der Waals surface area contributed by atoms with Crippen molar-refractivity contribution in [2.24, 2.45) is 7.05 Å². The summed E-state index contributed by atoms with van der Waals surface area (Å²) in [6.45, 7) is 6.03. The minimum absolute atomic E-state index is 0.834. The van der Waals surface area contributed by atoms with Gasteiger partial charge in [0.1, 0.15) is 0 Å². The summed E-state index contributed by atoms with van der Waals surface area (Å²) in [7, 11) is 1.95. The number of piperazine rings is 1. The van der Waals surface area contributed by atoms with Crippen LogP contribution in [0, 0.1) is 6.92 Å². The largest absolute Gasteiger partial charge is 0.337 e. The standard InChI is InChI=1S/C14H19N5/c1-11-4-3-5-12(10-11)13-16-14(17-18(13)2)19-8-6-15-7-9-19/h3-5,10,15H,6-9H2,1-2H3. The molecule has 0 bridgehead atoms. The first-order valence-corrected chi connectivity index (χ1v) is 6.68. The number of aryl methyl sites for hydroxylation is 2. The predicted octanol–water partition coefficient (Wildman–Crippen LogP) is 1.20. The van der Waals surface area contributed by atoms with Crippen LogP contribution in [0.1, 0.15) is 5.56 Å². The minimum atomic E-state index is 0.834. The van der Waals surface area contributed by atoms with Gasteiger partial charge in [-0.3, -0.25) is 0 Å². The molecule has 0 spiro atoms. The van der Waals surface area contributed by atoms with Crippen molar-refractivity contribution in [2.45, 2.75) is 6.92 Å². The van der Waals surface area contributed by atoms with E-state index in [2.05, 4.69) is 46.5 Å². The summed E-state index contributed by atoms with van der Waals surface area (Å²) in [5.74, 6) is 1.76. The van der Waals surface area contributed by atoms with Gasteiger partial charge in [-0.2, -0.15) is 4.98 Å². The smallest absolute Gasteiger partial charge is 0.245 e. The van der Waals surface area contributed by atoms with Crippen LogP contribution in [0.3, 0.4) is 0 Å². The Labute approximate surface area is 113 Å². The molecule has 0 amide bonds. The van der Waals surface area contributed by atoms with E-state index in [4.69, 9.17) is 4.98 Å². The second kappa shape index (κ2) is 5.01. The molecule has 0 atom stereocenters. The summed E-state index contributed by atoms with van der Waals surface area (Å²) < 4.78 is 1.87. The van der Waals surface area contributed by atoms with Gasteiger partial charge in [-0.25, -0.2) is 4.68 Å². The number of hydrogen-bond donors (Lipinski definition) is 1. The maximum absolute atomic E-state index is 4.69. The van der Waals surface area contributed by atoms with Crippen LogP contribution in [0.4, 0.5) is 5.95 Å². The Morgan fingerprint density at radius 3 is 2.74 bits per heavy atom.